The van der Waals surface area contributed by atoms with Gasteiger partial charge in [0.25, 0.3) is 0 Å². The molecule has 0 aromatic heterocycles. The van der Waals surface area contributed by atoms with Crippen molar-refractivity contribution in [1.82, 2.24) is 10.2 Å². The first-order chi connectivity index (χ1) is 19.0. The van der Waals surface area contributed by atoms with Crippen LogP contribution in [0.4, 0.5) is 5.69 Å². The summed E-state index contributed by atoms with van der Waals surface area (Å²) in [7, 11) is -2.26. The molecule has 0 spiro atoms. The second-order valence-corrected chi connectivity index (χ2v) is 11.8. The molecule has 3 rings (SSSR count). The summed E-state index contributed by atoms with van der Waals surface area (Å²) in [4.78, 5) is 29.2. The van der Waals surface area contributed by atoms with Gasteiger partial charge >= 0.3 is 0 Å². The molecule has 214 valence electrons. The maximum Gasteiger partial charge on any atom is 0.244 e. The van der Waals surface area contributed by atoms with E-state index in [1.807, 2.05) is 81.4 Å². The SMILES string of the molecule is CCCNC(=O)C(Cc1ccccc1)N(Cc1cccc(OC)c1)C(=O)CN(c1cc(C)ccc1C)S(C)(=O)=O. The van der Waals surface area contributed by atoms with E-state index in [-0.39, 0.29) is 18.9 Å². The Morgan fingerprint density at radius 3 is 2.30 bits per heavy atom. The van der Waals surface area contributed by atoms with E-state index in [9.17, 15) is 18.0 Å². The number of carbonyl (C=O) groups excluding carboxylic acids is 2. The molecule has 0 aliphatic heterocycles. The van der Waals surface area contributed by atoms with Crippen LogP contribution in [0.25, 0.3) is 0 Å². The number of hydrogen-bond acceptors (Lipinski definition) is 5. The first-order valence-corrected chi connectivity index (χ1v) is 15.2. The molecule has 0 aliphatic carbocycles. The Morgan fingerprint density at radius 1 is 0.950 bits per heavy atom. The molecule has 0 aliphatic rings. The van der Waals surface area contributed by atoms with Crippen molar-refractivity contribution < 1.29 is 22.7 Å². The predicted octanol–water partition coefficient (Wildman–Crippen LogP) is 4.24. The molecule has 2 amide bonds. The van der Waals surface area contributed by atoms with Gasteiger partial charge in [0.05, 0.1) is 19.1 Å². The summed E-state index contributed by atoms with van der Waals surface area (Å²) in [5.41, 5.74) is 3.68. The Morgan fingerprint density at radius 2 is 1.65 bits per heavy atom. The maximum atomic E-state index is 14.1. The number of sulfonamides is 1. The third-order valence-electron chi connectivity index (χ3n) is 6.62. The van der Waals surface area contributed by atoms with Crippen molar-refractivity contribution in [2.75, 3.05) is 30.8 Å². The second-order valence-electron chi connectivity index (χ2n) is 9.93. The van der Waals surface area contributed by atoms with Crippen LogP contribution in [-0.2, 0) is 32.6 Å². The fourth-order valence-electron chi connectivity index (χ4n) is 4.47. The van der Waals surface area contributed by atoms with Gasteiger partial charge in [-0.05, 0) is 60.7 Å². The highest BCUT2D eigenvalue weighted by Crippen LogP contribution is 2.25. The Kier molecular flexibility index (Phi) is 10.7. The molecule has 0 fully saturated rings. The van der Waals surface area contributed by atoms with Gasteiger partial charge in [0.15, 0.2) is 0 Å². The van der Waals surface area contributed by atoms with Gasteiger partial charge in [0.1, 0.15) is 18.3 Å². The number of ether oxygens (including phenoxy) is 1. The molecule has 40 heavy (non-hydrogen) atoms. The fraction of sp³-hybridized carbons (Fsp3) is 0.355. The van der Waals surface area contributed by atoms with Gasteiger partial charge < -0.3 is 15.0 Å². The molecular formula is C31H39N3O5S. The largest absolute Gasteiger partial charge is 0.497 e. The average molecular weight is 566 g/mol. The zero-order valence-electron chi connectivity index (χ0n) is 23.9. The molecule has 0 saturated heterocycles. The van der Waals surface area contributed by atoms with Crippen molar-refractivity contribution in [1.29, 1.82) is 0 Å². The lowest BCUT2D eigenvalue weighted by Gasteiger charge is -2.34. The summed E-state index contributed by atoms with van der Waals surface area (Å²) in [5, 5.41) is 2.94. The number of rotatable bonds is 13. The van der Waals surface area contributed by atoms with Crippen molar-refractivity contribution in [3.05, 3.63) is 95.1 Å². The van der Waals surface area contributed by atoms with Crippen LogP contribution in [0.15, 0.2) is 72.8 Å². The smallest absolute Gasteiger partial charge is 0.244 e. The molecule has 3 aromatic rings. The van der Waals surface area contributed by atoms with Crippen LogP contribution >= 0.6 is 0 Å². The summed E-state index contributed by atoms with van der Waals surface area (Å²) in [6.45, 7) is 5.75. The number of aryl methyl sites for hydroxylation is 2. The number of hydrogen-bond donors (Lipinski definition) is 1. The summed E-state index contributed by atoms with van der Waals surface area (Å²) in [6.07, 6.45) is 2.10. The second kappa shape index (κ2) is 14.0. The summed E-state index contributed by atoms with van der Waals surface area (Å²) in [5.74, 6) is -0.158. The molecule has 9 heteroatoms. The first kappa shape index (κ1) is 30.7. The number of carbonyl (C=O) groups is 2. The van der Waals surface area contributed by atoms with Crippen LogP contribution < -0.4 is 14.4 Å². The van der Waals surface area contributed by atoms with Crippen molar-refractivity contribution in [3.63, 3.8) is 0 Å². The third kappa shape index (κ3) is 8.32. The van der Waals surface area contributed by atoms with Crippen LogP contribution in [-0.4, -0.2) is 57.6 Å². The number of nitrogens with zero attached hydrogens (tertiary/aromatic N) is 2. The van der Waals surface area contributed by atoms with Gasteiger partial charge in [0.2, 0.25) is 21.8 Å². The molecule has 0 saturated carbocycles. The van der Waals surface area contributed by atoms with E-state index in [2.05, 4.69) is 5.32 Å². The van der Waals surface area contributed by atoms with Crippen molar-refractivity contribution in [2.45, 2.75) is 46.2 Å². The number of amides is 2. The lowest BCUT2D eigenvalue weighted by atomic mass is 10.0. The van der Waals surface area contributed by atoms with Gasteiger partial charge in [-0.1, -0.05) is 61.5 Å². The van der Waals surface area contributed by atoms with E-state index in [0.29, 0.717) is 18.0 Å². The Hall–Kier alpha value is -3.85. The Bertz CT molecular complexity index is 1410. The molecule has 1 unspecified atom stereocenters. The summed E-state index contributed by atoms with van der Waals surface area (Å²) in [6, 6.07) is 21.4. The van der Waals surface area contributed by atoms with Gasteiger partial charge in [-0.25, -0.2) is 8.42 Å². The maximum absolute atomic E-state index is 14.1. The monoisotopic (exact) mass is 565 g/mol. The quantitative estimate of drug-likeness (QED) is 0.334. The first-order valence-electron chi connectivity index (χ1n) is 13.3. The van der Waals surface area contributed by atoms with E-state index in [0.717, 1.165) is 39.2 Å². The lowest BCUT2D eigenvalue weighted by molar-refractivity contribution is -0.140. The topological polar surface area (TPSA) is 96.0 Å². The predicted molar refractivity (Wildman–Crippen MR) is 159 cm³/mol. The Labute approximate surface area is 238 Å². The van der Waals surface area contributed by atoms with E-state index in [1.54, 1.807) is 19.2 Å². The number of benzene rings is 3. The van der Waals surface area contributed by atoms with Crippen LogP contribution in [0.3, 0.4) is 0 Å². The van der Waals surface area contributed by atoms with Crippen LogP contribution in [0.2, 0.25) is 0 Å². The molecule has 0 radical (unpaired) electrons. The van der Waals surface area contributed by atoms with Crippen molar-refractivity contribution >= 4 is 27.5 Å². The van der Waals surface area contributed by atoms with Gasteiger partial charge in [0, 0.05) is 19.5 Å². The summed E-state index contributed by atoms with van der Waals surface area (Å²) < 4.78 is 32.5. The number of nitrogens with one attached hydrogen (secondary N) is 1. The minimum Gasteiger partial charge on any atom is -0.497 e. The zero-order chi connectivity index (χ0) is 29.3. The number of anilines is 1. The van der Waals surface area contributed by atoms with E-state index >= 15 is 0 Å². The zero-order valence-corrected chi connectivity index (χ0v) is 24.7. The van der Waals surface area contributed by atoms with Crippen LogP contribution in [0.1, 0.15) is 35.6 Å². The molecule has 0 heterocycles. The van der Waals surface area contributed by atoms with E-state index in [1.165, 1.54) is 4.90 Å². The highest BCUT2D eigenvalue weighted by atomic mass is 32.2. The standard InChI is InChI=1S/C31H39N3O5S/c1-6-17-32-31(36)29(20-25-11-8-7-9-12-25)33(21-26-13-10-14-27(19-26)39-4)30(35)22-34(40(5,37)38)28-18-23(2)15-16-24(28)3/h7-16,18-19,29H,6,17,20-22H2,1-5H3,(H,32,36). The number of methoxy groups -OCH3 is 1. The minimum absolute atomic E-state index is 0.0947. The van der Waals surface area contributed by atoms with Gasteiger partial charge in [-0.3, -0.25) is 13.9 Å². The molecule has 1 atom stereocenters. The van der Waals surface area contributed by atoms with Crippen molar-refractivity contribution in [2.24, 2.45) is 0 Å². The van der Waals surface area contributed by atoms with Crippen molar-refractivity contribution in [3.8, 4) is 5.75 Å². The highest BCUT2D eigenvalue weighted by Gasteiger charge is 2.33. The minimum atomic E-state index is -3.82. The molecule has 1 N–H and O–H groups in total. The van der Waals surface area contributed by atoms with Crippen LogP contribution in [0, 0.1) is 13.8 Å². The molecule has 8 nitrogen and oxygen atoms in total. The average Bonchev–Trinajstić information content (AvgIpc) is 2.93. The normalized spacial score (nSPS) is 11.9. The molecule has 3 aromatic carbocycles. The Balaban J connectivity index is 2.08. The highest BCUT2D eigenvalue weighted by molar-refractivity contribution is 7.92. The van der Waals surface area contributed by atoms with Gasteiger partial charge in [-0.15, -0.1) is 0 Å². The van der Waals surface area contributed by atoms with E-state index in [4.69, 9.17) is 4.74 Å². The van der Waals surface area contributed by atoms with Crippen LogP contribution in [0.5, 0.6) is 5.75 Å². The molecular weight excluding hydrogens is 526 g/mol. The fourth-order valence-corrected chi connectivity index (χ4v) is 5.37. The van der Waals surface area contributed by atoms with Gasteiger partial charge in [-0.2, -0.15) is 0 Å². The summed E-state index contributed by atoms with van der Waals surface area (Å²) >= 11 is 0. The lowest BCUT2D eigenvalue weighted by Crippen LogP contribution is -2.53. The third-order valence-corrected chi connectivity index (χ3v) is 7.75. The van der Waals surface area contributed by atoms with E-state index < -0.39 is 28.5 Å². The molecule has 0 bridgehead atoms.